The summed E-state index contributed by atoms with van der Waals surface area (Å²) in [5.41, 5.74) is 1.53. The predicted octanol–water partition coefficient (Wildman–Crippen LogP) is 1.94. The summed E-state index contributed by atoms with van der Waals surface area (Å²) in [6.45, 7) is 4.10. The molecule has 2 aliphatic heterocycles. The highest BCUT2D eigenvalue weighted by Crippen LogP contribution is 2.25. The Morgan fingerprint density at radius 2 is 1.89 bits per heavy atom. The summed E-state index contributed by atoms with van der Waals surface area (Å²) in [5.74, 6) is 0.287. The minimum Gasteiger partial charge on any atom is -0.349 e. The molecule has 1 aromatic rings. The molecule has 2 fully saturated rings. The average Bonchev–Trinajstić information content (AvgIpc) is 3.13. The van der Waals surface area contributed by atoms with Gasteiger partial charge in [-0.2, -0.15) is 0 Å². The van der Waals surface area contributed by atoms with Crippen LogP contribution in [0.3, 0.4) is 0 Å². The van der Waals surface area contributed by atoms with Gasteiger partial charge in [0.15, 0.2) is 0 Å². The molecule has 2 heterocycles. The van der Waals surface area contributed by atoms with E-state index in [1.54, 1.807) is 23.9 Å². The third-order valence-electron chi connectivity index (χ3n) is 5.75. The van der Waals surface area contributed by atoms with E-state index in [-0.39, 0.29) is 29.7 Å². The second-order valence-electron chi connectivity index (χ2n) is 7.91. The highest BCUT2D eigenvalue weighted by Gasteiger charge is 2.30. The number of anilines is 2. The molecule has 1 unspecified atom stereocenters. The van der Waals surface area contributed by atoms with Crippen LogP contribution in [0.25, 0.3) is 0 Å². The van der Waals surface area contributed by atoms with E-state index in [2.05, 4.69) is 10.2 Å². The van der Waals surface area contributed by atoms with Crippen molar-refractivity contribution in [3.05, 3.63) is 24.3 Å². The van der Waals surface area contributed by atoms with E-state index in [4.69, 9.17) is 0 Å². The Kier molecular flexibility index (Phi) is 6.34. The Morgan fingerprint density at radius 3 is 2.50 bits per heavy atom. The van der Waals surface area contributed by atoms with E-state index in [1.807, 2.05) is 31.2 Å². The van der Waals surface area contributed by atoms with Crippen LogP contribution in [0.5, 0.6) is 0 Å². The quantitative estimate of drug-likeness (QED) is 0.839. The monoisotopic (exact) mass is 386 g/mol. The molecule has 3 amide bonds. The number of rotatable bonds is 5. The molecular formula is C21H30N4O3. The molecule has 3 rings (SSSR count). The first-order valence-corrected chi connectivity index (χ1v) is 10.0. The number of likely N-dealkylation sites (tertiary alicyclic amines) is 1. The van der Waals surface area contributed by atoms with E-state index >= 15 is 0 Å². The summed E-state index contributed by atoms with van der Waals surface area (Å²) in [6.07, 6.45) is 3.01. The Labute approximate surface area is 166 Å². The summed E-state index contributed by atoms with van der Waals surface area (Å²) in [5, 5.41) is 2.98. The van der Waals surface area contributed by atoms with Crippen molar-refractivity contribution >= 4 is 29.1 Å². The molecule has 28 heavy (non-hydrogen) atoms. The molecular weight excluding hydrogens is 356 g/mol. The van der Waals surface area contributed by atoms with Gasteiger partial charge < -0.3 is 15.1 Å². The maximum atomic E-state index is 12.7. The molecule has 7 nitrogen and oxygen atoms in total. The van der Waals surface area contributed by atoms with Crippen molar-refractivity contribution in [1.29, 1.82) is 0 Å². The summed E-state index contributed by atoms with van der Waals surface area (Å²) in [6, 6.07) is 7.19. The van der Waals surface area contributed by atoms with Crippen molar-refractivity contribution in [3.8, 4) is 0 Å². The first kappa shape index (κ1) is 20.3. The van der Waals surface area contributed by atoms with E-state index in [0.717, 1.165) is 44.6 Å². The first-order chi connectivity index (χ1) is 13.4. The Bertz CT molecular complexity index is 741. The van der Waals surface area contributed by atoms with Crippen molar-refractivity contribution in [2.45, 2.75) is 38.6 Å². The van der Waals surface area contributed by atoms with Gasteiger partial charge in [-0.1, -0.05) is 6.07 Å². The molecule has 0 aliphatic carbocycles. The smallest absolute Gasteiger partial charge is 0.241 e. The van der Waals surface area contributed by atoms with Crippen molar-refractivity contribution in [3.63, 3.8) is 0 Å². The SMILES string of the molecule is CC(C(=O)Nc1cccc(N2CCCC2=O)c1)N1CCC(C(=O)N(C)C)CC1. The van der Waals surface area contributed by atoms with Crippen LogP contribution in [-0.4, -0.2) is 67.3 Å². The second kappa shape index (κ2) is 8.73. The maximum absolute atomic E-state index is 12.7. The highest BCUT2D eigenvalue weighted by molar-refractivity contribution is 5.98. The number of nitrogens with zero attached hydrogens (tertiary/aromatic N) is 3. The van der Waals surface area contributed by atoms with E-state index in [1.165, 1.54) is 0 Å². The van der Waals surface area contributed by atoms with Gasteiger partial charge in [0.05, 0.1) is 6.04 Å². The molecule has 0 spiro atoms. The lowest BCUT2D eigenvalue weighted by Gasteiger charge is -2.35. The fraction of sp³-hybridized carbons (Fsp3) is 0.571. The van der Waals surface area contributed by atoms with Gasteiger partial charge in [0.2, 0.25) is 17.7 Å². The van der Waals surface area contributed by atoms with E-state index in [9.17, 15) is 14.4 Å². The van der Waals surface area contributed by atoms with Gasteiger partial charge in [0, 0.05) is 44.4 Å². The molecule has 2 aliphatic rings. The lowest BCUT2D eigenvalue weighted by molar-refractivity contribution is -0.134. The van der Waals surface area contributed by atoms with E-state index in [0.29, 0.717) is 12.1 Å². The number of piperidine rings is 1. The second-order valence-corrected chi connectivity index (χ2v) is 7.91. The highest BCUT2D eigenvalue weighted by atomic mass is 16.2. The molecule has 7 heteroatoms. The molecule has 152 valence electrons. The molecule has 1 atom stereocenters. The van der Waals surface area contributed by atoms with Crippen molar-refractivity contribution in [2.75, 3.05) is 43.9 Å². The molecule has 0 aromatic heterocycles. The number of nitrogens with one attached hydrogen (secondary N) is 1. The number of hydrogen-bond acceptors (Lipinski definition) is 4. The Morgan fingerprint density at radius 1 is 1.18 bits per heavy atom. The lowest BCUT2D eigenvalue weighted by atomic mass is 9.94. The summed E-state index contributed by atoms with van der Waals surface area (Å²) in [4.78, 5) is 42.3. The van der Waals surface area contributed by atoms with Crippen LogP contribution in [0, 0.1) is 5.92 Å². The largest absolute Gasteiger partial charge is 0.349 e. The van der Waals surface area contributed by atoms with Crippen molar-refractivity contribution < 1.29 is 14.4 Å². The van der Waals surface area contributed by atoms with Gasteiger partial charge in [-0.3, -0.25) is 19.3 Å². The van der Waals surface area contributed by atoms with Crippen LogP contribution in [0.2, 0.25) is 0 Å². The first-order valence-electron chi connectivity index (χ1n) is 10.0. The standard InChI is InChI=1S/C21H30N4O3/c1-15(24-12-9-16(10-13-24)21(28)23(2)3)20(27)22-17-6-4-7-18(14-17)25-11-5-8-19(25)26/h4,6-7,14-16H,5,8-13H2,1-3H3,(H,22,27). The number of carbonyl (C=O) groups excluding carboxylic acids is 3. The molecule has 0 radical (unpaired) electrons. The van der Waals surface area contributed by atoms with Crippen LogP contribution >= 0.6 is 0 Å². The zero-order chi connectivity index (χ0) is 20.3. The van der Waals surface area contributed by atoms with Crippen LogP contribution in [0.15, 0.2) is 24.3 Å². The number of benzene rings is 1. The zero-order valence-electron chi connectivity index (χ0n) is 17.0. The average molecular weight is 386 g/mol. The molecule has 1 N–H and O–H groups in total. The summed E-state index contributed by atoms with van der Waals surface area (Å²) < 4.78 is 0. The summed E-state index contributed by atoms with van der Waals surface area (Å²) in [7, 11) is 3.57. The van der Waals surface area contributed by atoms with Crippen LogP contribution < -0.4 is 10.2 Å². The zero-order valence-corrected chi connectivity index (χ0v) is 17.0. The number of carbonyl (C=O) groups is 3. The van der Waals surface area contributed by atoms with Gasteiger partial charge in [0.1, 0.15) is 0 Å². The van der Waals surface area contributed by atoms with Crippen LogP contribution in [0.4, 0.5) is 11.4 Å². The van der Waals surface area contributed by atoms with Crippen molar-refractivity contribution in [2.24, 2.45) is 5.92 Å². The molecule has 2 saturated heterocycles. The van der Waals surface area contributed by atoms with E-state index < -0.39 is 0 Å². The normalized spacial score (nSPS) is 19.5. The molecule has 0 saturated carbocycles. The van der Waals surface area contributed by atoms with Gasteiger partial charge in [-0.05, 0) is 57.5 Å². The van der Waals surface area contributed by atoms with Crippen LogP contribution in [0.1, 0.15) is 32.6 Å². The third-order valence-corrected chi connectivity index (χ3v) is 5.75. The van der Waals surface area contributed by atoms with Crippen molar-refractivity contribution in [1.82, 2.24) is 9.80 Å². The summed E-state index contributed by atoms with van der Waals surface area (Å²) >= 11 is 0. The molecule has 1 aromatic carbocycles. The number of amides is 3. The Hall–Kier alpha value is -2.41. The maximum Gasteiger partial charge on any atom is 0.241 e. The Balaban J connectivity index is 1.56. The minimum absolute atomic E-state index is 0.0520. The fourth-order valence-corrected chi connectivity index (χ4v) is 3.98. The third kappa shape index (κ3) is 4.52. The fourth-order valence-electron chi connectivity index (χ4n) is 3.98. The number of hydrogen-bond donors (Lipinski definition) is 1. The molecule has 0 bridgehead atoms. The topological polar surface area (TPSA) is 73.0 Å². The minimum atomic E-state index is -0.271. The van der Waals surface area contributed by atoms with Gasteiger partial charge in [-0.25, -0.2) is 0 Å². The van der Waals surface area contributed by atoms with Gasteiger partial charge in [0.25, 0.3) is 0 Å². The van der Waals surface area contributed by atoms with Crippen LogP contribution in [-0.2, 0) is 14.4 Å². The van der Waals surface area contributed by atoms with Gasteiger partial charge >= 0.3 is 0 Å². The lowest BCUT2D eigenvalue weighted by Crippen LogP contribution is -2.48. The van der Waals surface area contributed by atoms with Gasteiger partial charge in [-0.15, -0.1) is 0 Å². The predicted molar refractivity (Wildman–Crippen MR) is 109 cm³/mol.